The first-order valence-electron chi connectivity index (χ1n) is 7.77. The van der Waals surface area contributed by atoms with Crippen molar-refractivity contribution in [1.82, 2.24) is 0 Å². The molecule has 0 aliphatic carbocycles. The molecule has 3 N–H and O–H groups in total. The largest absolute Gasteiger partial charge is 0.490 e. The Balaban J connectivity index is 3.06. The molecule has 1 aromatic rings. The van der Waals surface area contributed by atoms with Crippen LogP contribution in [-0.2, 0) is 4.79 Å². The third-order valence-corrected chi connectivity index (χ3v) is 3.69. The van der Waals surface area contributed by atoms with E-state index in [1.165, 1.54) is 0 Å². The number of hydrogen-bond donors (Lipinski definition) is 2. The summed E-state index contributed by atoms with van der Waals surface area (Å²) in [7, 11) is 0. The van der Waals surface area contributed by atoms with Gasteiger partial charge in [-0.05, 0) is 57.2 Å². The van der Waals surface area contributed by atoms with Gasteiger partial charge in [-0.1, -0.05) is 13.0 Å². The molecule has 0 amide bonds. The van der Waals surface area contributed by atoms with Crippen LogP contribution in [-0.4, -0.2) is 29.8 Å². The summed E-state index contributed by atoms with van der Waals surface area (Å²) in [6, 6.07) is 5.77. The Hall–Kier alpha value is -1.75. The molecule has 0 saturated carbocycles. The maximum absolute atomic E-state index is 11.2. The summed E-state index contributed by atoms with van der Waals surface area (Å²) >= 11 is 0. The maximum Gasteiger partial charge on any atom is 0.323 e. The molecule has 0 heterocycles. The van der Waals surface area contributed by atoms with Crippen molar-refractivity contribution >= 4 is 5.97 Å². The van der Waals surface area contributed by atoms with Crippen molar-refractivity contribution in [3.05, 3.63) is 23.8 Å². The van der Waals surface area contributed by atoms with Gasteiger partial charge in [-0.15, -0.1) is 0 Å². The lowest BCUT2D eigenvalue weighted by molar-refractivity contribution is -0.143. The molecule has 0 saturated heterocycles. The van der Waals surface area contributed by atoms with Gasteiger partial charge in [0.1, 0.15) is 5.54 Å². The van der Waals surface area contributed by atoms with Crippen LogP contribution in [0.5, 0.6) is 11.5 Å². The second-order valence-electron chi connectivity index (χ2n) is 5.60. The summed E-state index contributed by atoms with van der Waals surface area (Å²) in [5, 5.41) is 9.22. The molecule has 0 fully saturated rings. The van der Waals surface area contributed by atoms with Crippen molar-refractivity contribution < 1.29 is 19.4 Å². The fourth-order valence-electron chi connectivity index (χ4n) is 2.42. The van der Waals surface area contributed by atoms with E-state index in [1.54, 1.807) is 6.92 Å². The van der Waals surface area contributed by atoms with Gasteiger partial charge in [0.15, 0.2) is 11.5 Å². The second-order valence-corrected chi connectivity index (χ2v) is 5.60. The Labute approximate surface area is 132 Å². The van der Waals surface area contributed by atoms with Gasteiger partial charge in [-0.2, -0.15) is 0 Å². The number of nitrogens with two attached hydrogens (primary N) is 1. The fraction of sp³-hybridized carbons (Fsp3) is 0.588. The number of hydrogen-bond acceptors (Lipinski definition) is 4. The van der Waals surface area contributed by atoms with Crippen molar-refractivity contribution in [2.24, 2.45) is 5.73 Å². The van der Waals surface area contributed by atoms with Crippen LogP contribution in [0.1, 0.15) is 52.0 Å². The van der Waals surface area contributed by atoms with Crippen LogP contribution in [0, 0.1) is 0 Å². The van der Waals surface area contributed by atoms with Gasteiger partial charge < -0.3 is 20.3 Å². The van der Waals surface area contributed by atoms with Crippen molar-refractivity contribution in [1.29, 1.82) is 0 Å². The number of benzene rings is 1. The zero-order chi connectivity index (χ0) is 16.8. The maximum atomic E-state index is 11.2. The number of rotatable bonds is 9. The van der Waals surface area contributed by atoms with E-state index < -0.39 is 11.5 Å². The van der Waals surface area contributed by atoms with Crippen molar-refractivity contribution in [3.63, 3.8) is 0 Å². The van der Waals surface area contributed by atoms with Crippen LogP contribution in [0.3, 0.4) is 0 Å². The number of ether oxygens (including phenoxy) is 2. The molecule has 0 aliphatic heterocycles. The lowest BCUT2D eigenvalue weighted by Gasteiger charge is -2.26. The average Bonchev–Trinajstić information content (AvgIpc) is 2.47. The minimum atomic E-state index is -1.24. The van der Waals surface area contributed by atoms with Crippen LogP contribution in [0.25, 0.3) is 0 Å². The zero-order valence-electron chi connectivity index (χ0n) is 13.9. The molecule has 0 radical (unpaired) electrons. The summed E-state index contributed by atoms with van der Waals surface area (Å²) in [4.78, 5) is 11.2. The first kappa shape index (κ1) is 18.3. The molecular formula is C17H27NO4. The van der Waals surface area contributed by atoms with E-state index in [2.05, 4.69) is 0 Å². The molecule has 5 nitrogen and oxygen atoms in total. The van der Waals surface area contributed by atoms with Crippen LogP contribution in [0.4, 0.5) is 0 Å². The smallest absolute Gasteiger partial charge is 0.323 e. The molecule has 1 aromatic carbocycles. The van der Waals surface area contributed by atoms with Crippen LogP contribution in [0.15, 0.2) is 18.2 Å². The summed E-state index contributed by atoms with van der Waals surface area (Å²) in [6.07, 6.45) is 1.18. The Bertz CT molecular complexity index is 499. The fourth-order valence-corrected chi connectivity index (χ4v) is 2.42. The van der Waals surface area contributed by atoms with Gasteiger partial charge in [-0.25, -0.2) is 0 Å². The van der Waals surface area contributed by atoms with E-state index in [0.717, 1.165) is 12.0 Å². The standard InChI is InChI=1S/C17H27NO4/c1-5-12(11-17(4,18)16(19)20)13-8-9-14(21-6-2)15(10-13)22-7-3/h8-10,12H,5-7,11,18H2,1-4H3,(H,19,20). The molecule has 124 valence electrons. The molecule has 0 bridgehead atoms. The lowest BCUT2D eigenvalue weighted by atomic mass is 9.83. The van der Waals surface area contributed by atoms with Gasteiger partial charge in [0, 0.05) is 0 Å². The van der Waals surface area contributed by atoms with E-state index in [0.29, 0.717) is 31.1 Å². The summed E-state index contributed by atoms with van der Waals surface area (Å²) < 4.78 is 11.2. The quantitative estimate of drug-likeness (QED) is 0.732. The summed E-state index contributed by atoms with van der Waals surface area (Å²) in [5.74, 6) is 0.467. The minimum Gasteiger partial charge on any atom is -0.490 e. The Morgan fingerprint density at radius 2 is 1.82 bits per heavy atom. The van der Waals surface area contributed by atoms with Gasteiger partial charge in [-0.3, -0.25) is 4.79 Å². The summed E-state index contributed by atoms with van der Waals surface area (Å²) in [5.41, 5.74) is 5.67. The molecule has 0 aliphatic rings. The SMILES string of the molecule is CCOc1ccc(C(CC)CC(C)(N)C(=O)O)cc1OCC. The van der Waals surface area contributed by atoms with Crippen LogP contribution < -0.4 is 15.2 Å². The molecular weight excluding hydrogens is 282 g/mol. The Kier molecular flexibility index (Phi) is 6.68. The van der Waals surface area contributed by atoms with Crippen LogP contribution >= 0.6 is 0 Å². The van der Waals surface area contributed by atoms with E-state index in [9.17, 15) is 9.90 Å². The van der Waals surface area contributed by atoms with E-state index in [-0.39, 0.29) is 5.92 Å². The normalized spacial score (nSPS) is 15.0. The highest BCUT2D eigenvalue weighted by Gasteiger charge is 2.31. The van der Waals surface area contributed by atoms with Gasteiger partial charge in [0.05, 0.1) is 13.2 Å². The van der Waals surface area contributed by atoms with E-state index in [4.69, 9.17) is 15.2 Å². The zero-order valence-corrected chi connectivity index (χ0v) is 13.9. The highest BCUT2D eigenvalue weighted by atomic mass is 16.5. The predicted octanol–water partition coefficient (Wildman–Crippen LogP) is 3.17. The third-order valence-electron chi connectivity index (χ3n) is 3.69. The predicted molar refractivity (Wildman–Crippen MR) is 86.7 cm³/mol. The highest BCUT2D eigenvalue weighted by Crippen LogP contribution is 2.35. The monoisotopic (exact) mass is 309 g/mol. The second kappa shape index (κ2) is 8.03. The molecule has 5 heteroatoms. The first-order valence-corrected chi connectivity index (χ1v) is 7.77. The Morgan fingerprint density at radius 1 is 1.23 bits per heavy atom. The number of carbonyl (C=O) groups is 1. The first-order chi connectivity index (χ1) is 10.4. The van der Waals surface area contributed by atoms with Crippen molar-refractivity contribution in [3.8, 4) is 11.5 Å². The van der Waals surface area contributed by atoms with Crippen molar-refractivity contribution in [2.45, 2.75) is 52.0 Å². The van der Waals surface area contributed by atoms with E-state index >= 15 is 0 Å². The number of carboxylic acids is 1. The molecule has 0 aromatic heterocycles. The Morgan fingerprint density at radius 3 is 2.32 bits per heavy atom. The number of carboxylic acid groups (broad SMARTS) is 1. The lowest BCUT2D eigenvalue weighted by Crippen LogP contribution is -2.45. The molecule has 2 unspecified atom stereocenters. The summed E-state index contributed by atoms with van der Waals surface area (Å²) in [6.45, 7) is 8.53. The molecule has 0 spiro atoms. The third kappa shape index (κ3) is 4.63. The van der Waals surface area contributed by atoms with Gasteiger partial charge >= 0.3 is 5.97 Å². The average molecular weight is 309 g/mol. The molecule has 1 rings (SSSR count). The van der Waals surface area contributed by atoms with Gasteiger partial charge in [0.2, 0.25) is 0 Å². The number of aliphatic carboxylic acids is 1. The van der Waals surface area contributed by atoms with Crippen molar-refractivity contribution in [2.75, 3.05) is 13.2 Å². The minimum absolute atomic E-state index is 0.0565. The topological polar surface area (TPSA) is 81.8 Å². The molecule has 2 atom stereocenters. The van der Waals surface area contributed by atoms with E-state index in [1.807, 2.05) is 39.0 Å². The van der Waals surface area contributed by atoms with Gasteiger partial charge in [0.25, 0.3) is 0 Å². The molecule has 22 heavy (non-hydrogen) atoms. The highest BCUT2D eigenvalue weighted by molar-refractivity contribution is 5.77. The van der Waals surface area contributed by atoms with Crippen LogP contribution in [0.2, 0.25) is 0 Å².